The van der Waals surface area contributed by atoms with Gasteiger partial charge in [0, 0.05) is 35.4 Å². The second-order valence-corrected chi connectivity index (χ2v) is 9.09. The largest absolute Gasteiger partial charge is 0.378 e. The van der Waals surface area contributed by atoms with Crippen LogP contribution in [0.1, 0.15) is 15.2 Å². The van der Waals surface area contributed by atoms with E-state index in [1.807, 2.05) is 43.5 Å². The third-order valence-electron chi connectivity index (χ3n) is 4.81. The molecular formula is C20H19N5O2S2. The molecule has 2 N–H and O–H groups in total. The molecule has 0 aliphatic carbocycles. The van der Waals surface area contributed by atoms with Crippen LogP contribution in [0.15, 0.2) is 36.5 Å². The highest BCUT2D eigenvalue weighted by Crippen LogP contribution is 2.37. The highest BCUT2D eigenvalue weighted by Gasteiger charge is 2.17. The highest BCUT2D eigenvalue weighted by atomic mass is 32.1. The Balaban J connectivity index is 1.33. The predicted octanol–water partition coefficient (Wildman–Crippen LogP) is 4.15. The monoisotopic (exact) mass is 425 g/mol. The lowest BCUT2D eigenvalue weighted by molar-refractivity contribution is 0.102. The van der Waals surface area contributed by atoms with Crippen molar-refractivity contribution in [1.29, 1.82) is 0 Å². The number of H-pyrrole nitrogens is 1. The van der Waals surface area contributed by atoms with Crippen LogP contribution in [0.3, 0.4) is 0 Å². The van der Waals surface area contributed by atoms with Crippen LogP contribution in [0.25, 0.3) is 20.1 Å². The van der Waals surface area contributed by atoms with Crippen LogP contribution in [0.2, 0.25) is 0 Å². The van der Waals surface area contributed by atoms with Gasteiger partial charge in [0.2, 0.25) is 0 Å². The predicted molar refractivity (Wildman–Crippen MR) is 117 cm³/mol. The van der Waals surface area contributed by atoms with Gasteiger partial charge < -0.3 is 15.0 Å². The van der Waals surface area contributed by atoms with Crippen molar-refractivity contribution < 1.29 is 9.53 Å². The molecule has 148 valence electrons. The number of rotatable bonds is 4. The van der Waals surface area contributed by atoms with Crippen LogP contribution in [-0.4, -0.2) is 47.4 Å². The minimum absolute atomic E-state index is 0.174. The number of thiophene rings is 1. The summed E-state index contributed by atoms with van der Waals surface area (Å²) in [6.07, 6.45) is 1.87. The first-order valence-electron chi connectivity index (χ1n) is 9.32. The number of morpholine rings is 1. The van der Waals surface area contributed by atoms with Gasteiger partial charge in [-0.25, -0.2) is 4.98 Å². The lowest BCUT2D eigenvalue weighted by atomic mass is 10.1. The standard InChI is InChI=1S/C20H19N5O2S2/c1-12-11-21-20(28-12)16-10-15-17(29-16)18(24-23-15)22-19(26)13-2-4-14(5-3-13)25-6-8-27-9-7-25/h2-5,10-11H,6-9H2,1H3,(H2,22,23,24,26). The summed E-state index contributed by atoms with van der Waals surface area (Å²) in [4.78, 5) is 21.7. The molecule has 0 radical (unpaired) electrons. The minimum atomic E-state index is -0.174. The van der Waals surface area contributed by atoms with E-state index in [0.29, 0.717) is 11.4 Å². The first-order valence-corrected chi connectivity index (χ1v) is 11.0. The molecule has 1 amide bonds. The van der Waals surface area contributed by atoms with Gasteiger partial charge in [0.1, 0.15) is 5.01 Å². The third-order valence-corrected chi connectivity index (χ3v) is 7.03. The summed E-state index contributed by atoms with van der Waals surface area (Å²) in [6.45, 7) is 5.26. The van der Waals surface area contributed by atoms with Crippen LogP contribution in [0, 0.1) is 6.92 Å². The summed E-state index contributed by atoms with van der Waals surface area (Å²) in [5.41, 5.74) is 2.61. The van der Waals surface area contributed by atoms with E-state index < -0.39 is 0 Å². The molecule has 1 saturated heterocycles. The van der Waals surface area contributed by atoms with Crippen molar-refractivity contribution in [2.24, 2.45) is 0 Å². The number of fused-ring (bicyclic) bond motifs is 1. The van der Waals surface area contributed by atoms with Crippen LogP contribution < -0.4 is 10.2 Å². The quantitative estimate of drug-likeness (QED) is 0.513. The minimum Gasteiger partial charge on any atom is -0.378 e. The average Bonchev–Trinajstić information content (AvgIpc) is 3.46. The summed E-state index contributed by atoms with van der Waals surface area (Å²) in [5.74, 6) is 0.374. The zero-order valence-corrected chi connectivity index (χ0v) is 17.4. The second kappa shape index (κ2) is 7.58. The lowest BCUT2D eigenvalue weighted by Crippen LogP contribution is -2.36. The van der Waals surface area contributed by atoms with Gasteiger partial charge in [-0.05, 0) is 37.3 Å². The fourth-order valence-corrected chi connectivity index (χ4v) is 5.17. The van der Waals surface area contributed by atoms with Crippen LogP contribution in [-0.2, 0) is 4.74 Å². The molecule has 1 aliphatic rings. The van der Waals surface area contributed by atoms with Crippen LogP contribution in [0.4, 0.5) is 11.5 Å². The molecule has 1 fully saturated rings. The SMILES string of the molecule is Cc1cnc(-c2cc3[nH]nc(NC(=O)c4ccc(N5CCOCC5)cc4)c3s2)s1. The van der Waals surface area contributed by atoms with Crippen molar-refractivity contribution in [2.45, 2.75) is 6.92 Å². The zero-order chi connectivity index (χ0) is 19.8. The van der Waals surface area contributed by atoms with E-state index >= 15 is 0 Å². The molecule has 3 aromatic heterocycles. The smallest absolute Gasteiger partial charge is 0.256 e. The summed E-state index contributed by atoms with van der Waals surface area (Å²) in [5, 5.41) is 11.2. The first-order chi connectivity index (χ1) is 14.2. The molecule has 0 spiro atoms. The molecule has 29 heavy (non-hydrogen) atoms. The van der Waals surface area contributed by atoms with Crippen molar-refractivity contribution >= 4 is 50.3 Å². The molecule has 0 atom stereocenters. The number of nitrogens with zero attached hydrogens (tertiary/aromatic N) is 3. The van der Waals surface area contributed by atoms with Crippen molar-refractivity contribution in [3.8, 4) is 9.88 Å². The number of nitrogens with one attached hydrogen (secondary N) is 2. The van der Waals surface area contributed by atoms with Crippen molar-refractivity contribution in [2.75, 3.05) is 36.5 Å². The normalized spacial score (nSPS) is 14.4. The van der Waals surface area contributed by atoms with Crippen molar-refractivity contribution in [3.05, 3.63) is 47.0 Å². The lowest BCUT2D eigenvalue weighted by Gasteiger charge is -2.28. The summed E-state index contributed by atoms with van der Waals surface area (Å²) in [6, 6.07) is 9.69. The number of anilines is 2. The number of hydrogen-bond donors (Lipinski definition) is 2. The fraction of sp³-hybridized carbons (Fsp3) is 0.250. The molecule has 0 saturated carbocycles. The number of carbonyl (C=O) groups excluding carboxylic acids is 1. The molecule has 7 nitrogen and oxygen atoms in total. The van der Waals surface area contributed by atoms with Gasteiger partial charge in [0.05, 0.1) is 28.3 Å². The van der Waals surface area contributed by atoms with Gasteiger partial charge in [0.15, 0.2) is 5.82 Å². The Morgan fingerprint density at radius 2 is 2.00 bits per heavy atom. The number of aromatic nitrogens is 3. The zero-order valence-electron chi connectivity index (χ0n) is 15.8. The highest BCUT2D eigenvalue weighted by molar-refractivity contribution is 7.26. The maximum Gasteiger partial charge on any atom is 0.256 e. The van der Waals surface area contributed by atoms with E-state index in [9.17, 15) is 4.79 Å². The van der Waals surface area contributed by atoms with E-state index in [4.69, 9.17) is 4.74 Å². The topological polar surface area (TPSA) is 83.1 Å². The molecule has 4 aromatic rings. The number of carbonyl (C=O) groups is 1. The average molecular weight is 426 g/mol. The fourth-order valence-electron chi connectivity index (χ4n) is 3.30. The van der Waals surface area contributed by atoms with Gasteiger partial charge in [-0.15, -0.1) is 22.7 Å². The van der Waals surface area contributed by atoms with Crippen LogP contribution >= 0.6 is 22.7 Å². The number of amides is 1. The molecule has 1 aromatic carbocycles. The Morgan fingerprint density at radius 3 is 2.72 bits per heavy atom. The summed E-state index contributed by atoms with van der Waals surface area (Å²) >= 11 is 3.23. The van der Waals surface area contributed by atoms with Gasteiger partial charge in [0.25, 0.3) is 5.91 Å². The first kappa shape index (κ1) is 18.3. The molecular weight excluding hydrogens is 406 g/mol. The molecule has 4 heterocycles. The maximum atomic E-state index is 12.7. The Kier molecular flexibility index (Phi) is 4.78. The van der Waals surface area contributed by atoms with Gasteiger partial charge in [-0.2, -0.15) is 5.10 Å². The molecule has 0 bridgehead atoms. The second-order valence-electron chi connectivity index (χ2n) is 6.80. The van der Waals surface area contributed by atoms with Gasteiger partial charge in [-0.3, -0.25) is 9.89 Å². The molecule has 1 aliphatic heterocycles. The van der Waals surface area contributed by atoms with Gasteiger partial charge in [-0.1, -0.05) is 0 Å². The van der Waals surface area contributed by atoms with Crippen LogP contribution in [0.5, 0.6) is 0 Å². The Bertz CT molecular complexity index is 1160. The maximum absolute atomic E-state index is 12.7. The Morgan fingerprint density at radius 1 is 1.21 bits per heavy atom. The van der Waals surface area contributed by atoms with E-state index in [2.05, 4.69) is 25.4 Å². The molecule has 9 heteroatoms. The van der Waals surface area contributed by atoms with E-state index in [1.54, 1.807) is 22.7 Å². The molecule has 0 unspecified atom stereocenters. The number of ether oxygens (including phenoxy) is 1. The van der Waals surface area contributed by atoms with Crippen molar-refractivity contribution in [3.63, 3.8) is 0 Å². The Hall–Kier alpha value is -2.75. The number of aryl methyl sites for hydroxylation is 1. The van der Waals surface area contributed by atoms with Gasteiger partial charge >= 0.3 is 0 Å². The van der Waals surface area contributed by atoms with E-state index in [1.165, 1.54) is 4.88 Å². The van der Waals surface area contributed by atoms with E-state index in [-0.39, 0.29) is 5.91 Å². The Labute approximate surface area is 175 Å². The van der Waals surface area contributed by atoms with Crippen molar-refractivity contribution in [1.82, 2.24) is 15.2 Å². The number of benzene rings is 1. The number of thiazole rings is 1. The summed E-state index contributed by atoms with van der Waals surface area (Å²) in [7, 11) is 0. The third kappa shape index (κ3) is 3.64. The van der Waals surface area contributed by atoms with E-state index in [0.717, 1.165) is 52.1 Å². The summed E-state index contributed by atoms with van der Waals surface area (Å²) < 4.78 is 6.31. The number of hydrogen-bond acceptors (Lipinski definition) is 7. The number of aromatic amines is 1. The molecule has 5 rings (SSSR count).